The quantitative estimate of drug-likeness (QED) is 0.491. The number of benzene rings is 2. The van der Waals surface area contributed by atoms with Crippen molar-refractivity contribution in [2.24, 2.45) is 0 Å². The van der Waals surface area contributed by atoms with Crippen LogP contribution in [0.4, 0.5) is 0 Å². The maximum atomic E-state index is 13.1. The Labute approximate surface area is 209 Å². The molecule has 1 unspecified atom stereocenters. The number of hydrogen-bond donors (Lipinski definition) is 1. The lowest BCUT2D eigenvalue weighted by atomic mass is 10.0. The fraction of sp³-hybridized carbons (Fsp3) is 0.321. The summed E-state index contributed by atoms with van der Waals surface area (Å²) >= 11 is 0. The first-order valence-electron chi connectivity index (χ1n) is 12.2. The van der Waals surface area contributed by atoms with Crippen LogP contribution in [0.1, 0.15) is 54.2 Å². The Bertz CT molecular complexity index is 1260. The lowest BCUT2D eigenvalue weighted by Crippen LogP contribution is -2.43. The summed E-state index contributed by atoms with van der Waals surface area (Å²) in [5, 5.41) is 2.99. The standard InChI is InChI=1S/C28H29N3O5/c1-19-7-10-25(36-19)24(30-13-15-35-16-14-30)18-29-26(32)21-8-9-22-23(17-21)28(34)31(27(22)33)12-11-20-5-3-2-4-6-20/h2-10,17,24H,11-16,18H2,1H3,(H,29,32). The SMILES string of the molecule is Cc1ccc(C(CNC(=O)c2ccc3c(c2)C(=O)N(CCc2ccccc2)C3=O)N2CCOCC2)o1. The Kier molecular flexibility index (Phi) is 6.97. The van der Waals surface area contributed by atoms with E-state index in [0.717, 1.165) is 30.2 Å². The first-order valence-corrected chi connectivity index (χ1v) is 12.2. The fourth-order valence-corrected chi connectivity index (χ4v) is 4.74. The highest BCUT2D eigenvalue weighted by atomic mass is 16.5. The molecule has 3 heterocycles. The van der Waals surface area contributed by atoms with Gasteiger partial charge in [-0.25, -0.2) is 0 Å². The van der Waals surface area contributed by atoms with Crippen molar-refractivity contribution >= 4 is 17.7 Å². The molecule has 1 fully saturated rings. The number of nitrogens with zero attached hydrogens (tertiary/aromatic N) is 2. The molecule has 3 amide bonds. The average Bonchev–Trinajstić information content (AvgIpc) is 3.44. The Morgan fingerprint density at radius 1 is 0.972 bits per heavy atom. The van der Waals surface area contributed by atoms with Gasteiger partial charge in [-0.1, -0.05) is 30.3 Å². The van der Waals surface area contributed by atoms with Crippen LogP contribution in [0.15, 0.2) is 65.1 Å². The van der Waals surface area contributed by atoms with Crippen molar-refractivity contribution in [1.29, 1.82) is 0 Å². The topological polar surface area (TPSA) is 92.1 Å². The van der Waals surface area contributed by atoms with Crippen molar-refractivity contribution in [3.05, 3.63) is 94.4 Å². The summed E-state index contributed by atoms with van der Waals surface area (Å²) in [6, 6.07) is 18.1. The van der Waals surface area contributed by atoms with E-state index in [-0.39, 0.29) is 29.3 Å². The zero-order chi connectivity index (χ0) is 25.1. The predicted octanol–water partition coefficient (Wildman–Crippen LogP) is 3.23. The van der Waals surface area contributed by atoms with Crippen LogP contribution in [0.2, 0.25) is 0 Å². The minimum atomic E-state index is -0.363. The molecule has 1 saturated heterocycles. The summed E-state index contributed by atoms with van der Waals surface area (Å²) in [5.74, 6) is 0.616. The minimum Gasteiger partial charge on any atom is -0.465 e. The van der Waals surface area contributed by atoms with Gasteiger partial charge in [0.05, 0.1) is 30.4 Å². The predicted molar refractivity (Wildman–Crippen MR) is 133 cm³/mol. The maximum Gasteiger partial charge on any atom is 0.261 e. The van der Waals surface area contributed by atoms with E-state index in [9.17, 15) is 14.4 Å². The van der Waals surface area contributed by atoms with Gasteiger partial charge in [0.1, 0.15) is 11.5 Å². The van der Waals surface area contributed by atoms with E-state index in [1.807, 2.05) is 49.4 Å². The van der Waals surface area contributed by atoms with Crippen molar-refractivity contribution in [2.45, 2.75) is 19.4 Å². The van der Waals surface area contributed by atoms with Crippen LogP contribution in [-0.4, -0.2) is 66.9 Å². The van der Waals surface area contributed by atoms with Crippen LogP contribution < -0.4 is 5.32 Å². The van der Waals surface area contributed by atoms with Gasteiger partial charge in [0, 0.05) is 31.7 Å². The van der Waals surface area contributed by atoms with Gasteiger partial charge >= 0.3 is 0 Å². The number of morpholine rings is 1. The third kappa shape index (κ3) is 4.96. The minimum absolute atomic E-state index is 0.127. The highest BCUT2D eigenvalue weighted by Gasteiger charge is 2.36. The molecule has 2 aliphatic rings. The van der Waals surface area contributed by atoms with Gasteiger partial charge in [0.25, 0.3) is 17.7 Å². The number of aryl methyl sites for hydroxylation is 1. The zero-order valence-electron chi connectivity index (χ0n) is 20.2. The number of fused-ring (bicyclic) bond motifs is 1. The molecule has 36 heavy (non-hydrogen) atoms. The van der Waals surface area contributed by atoms with Gasteiger partial charge in [-0.05, 0) is 49.2 Å². The molecule has 0 saturated carbocycles. The third-order valence-electron chi connectivity index (χ3n) is 6.73. The van der Waals surface area contributed by atoms with E-state index in [0.29, 0.717) is 43.9 Å². The number of carbonyl (C=O) groups excluding carboxylic acids is 3. The van der Waals surface area contributed by atoms with Gasteiger partial charge in [-0.15, -0.1) is 0 Å². The van der Waals surface area contributed by atoms with Crippen LogP contribution in [0.25, 0.3) is 0 Å². The lowest BCUT2D eigenvalue weighted by molar-refractivity contribution is 0.0117. The van der Waals surface area contributed by atoms with Gasteiger partial charge < -0.3 is 14.5 Å². The van der Waals surface area contributed by atoms with Crippen LogP contribution in [-0.2, 0) is 11.2 Å². The summed E-state index contributed by atoms with van der Waals surface area (Å²) in [7, 11) is 0. The highest BCUT2D eigenvalue weighted by Crippen LogP contribution is 2.26. The molecule has 186 valence electrons. The van der Waals surface area contributed by atoms with Crippen molar-refractivity contribution in [3.8, 4) is 0 Å². The number of imide groups is 1. The summed E-state index contributed by atoms with van der Waals surface area (Å²) in [5.41, 5.74) is 2.00. The second-order valence-corrected chi connectivity index (χ2v) is 9.08. The van der Waals surface area contributed by atoms with Crippen LogP contribution in [0.5, 0.6) is 0 Å². The molecule has 0 bridgehead atoms. The molecule has 5 rings (SSSR count). The third-order valence-corrected chi connectivity index (χ3v) is 6.73. The molecule has 0 radical (unpaired) electrons. The number of carbonyl (C=O) groups is 3. The molecule has 1 atom stereocenters. The monoisotopic (exact) mass is 487 g/mol. The lowest BCUT2D eigenvalue weighted by Gasteiger charge is -2.33. The normalized spacial score (nSPS) is 16.8. The van der Waals surface area contributed by atoms with Gasteiger partial charge in [-0.3, -0.25) is 24.2 Å². The van der Waals surface area contributed by atoms with E-state index in [2.05, 4.69) is 10.2 Å². The van der Waals surface area contributed by atoms with Crippen molar-refractivity contribution in [2.75, 3.05) is 39.4 Å². The Balaban J connectivity index is 1.27. The number of amides is 3. The van der Waals surface area contributed by atoms with Crippen molar-refractivity contribution in [1.82, 2.24) is 15.1 Å². The molecule has 8 heteroatoms. The van der Waals surface area contributed by atoms with Crippen LogP contribution >= 0.6 is 0 Å². The molecule has 1 N–H and O–H groups in total. The summed E-state index contributed by atoms with van der Waals surface area (Å²) in [4.78, 5) is 42.4. The Hall–Kier alpha value is -3.75. The summed E-state index contributed by atoms with van der Waals surface area (Å²) < 4.78 is 11.3. The molecule has 0 aliphatic carbocycles. The highest BCUT2D eigenvalue weighted by molar-refractivity contribution is 6.22. The van der Waals surface area contributed by atoms with Crippen LogP contribution in [0.3, 0.4) is 0 Å². The second kappa shape index (κ2) is 10.5. The van der Waals surface area contributed by atoms with E-state index in [4.69, 9.17) is 9.15 Å². The number of rotatable bonds is 8. The number of furan rings is 1. The van der Waals surface area contributed by atoms with E-state index < -0.39 is 0 Å². The van der Waals surface area contributed by atoms with Crippen molar-refractivity contribution < 1.29 is 23.5 Å². The number of ether oxygens (including phenoxy) is 1. The molecule has 2 aliphatic heterocycles. The zero-order valence-corrected chi connectivity index (χ0v) is 20.2. The molecule has 0 spiro atoms. The molecule has 3 aromatic rings. The van der Waals surface area contributed by atoms with E-state index in [1.54, 1.807) is 12.1 Å². The van der Waals surface area contributed by atoms with E-state index in [1.165, 1.54) is 11.0 Å². The first-order chi connectivity index (χ1) is 17.5. The van der Waals surface area contributed by atoms with E-state index >= 15 is 0 Å². The Morgan fingerprint density at radius 3 is 2.44 bits per heavy atom. The number of hydrogen-bond acceptors (Lipinski definition) is 6. The molecule has 2 aromatic carbocycles. The smallest absolute Gasteiger partial charge is 0.261 e. The fourth-order valence-electron chi connectivity index (χ4n) is 4.74. The molecular weight excluding hydrogens is 458 g/mol. The molecule has 1 aromatic heterocycles. The maximum absolute atomic E-state index is 13.1. The number of nitrogens with one attached hydrogen (secondary N) is 1. The van der Waals surface area contributed by atoms with Gasteiger partial charge in [-0.2, -0.15) is 0 Å². The van der Waals surface area contributed by atoms with Crippen molar-refractivity contribution in [3.63, 3.8) is 0 Å². The summed E-state index contributed by atoms with van der Waals surface area (Å²) in [6.45, 7) is 5.28. The van der Waals surface area contributed by atoms with Gasteiger partial charge in [0.2, 0.25) is 0 Å². The summed E-state index contributed by atoms with van der Waals surface area (Å²) in [6.07, 6.45) is 0.578. The van der Waals surface area contributed by atoms with Gasteiger partial charge in [0.15, 0.2) is 0 Å². The van der Waals surface area contributed by atoms with Crippen LogP contribution in [0, 0.1) is 6.92 Å². The second-order valence-electron chi connectivity index (χ2n) is 9.08. The Morgan fingerprint density at radius 2 is 1.72 bits per heavy atom. The molecule has 8 nitrogen and oxygen atoms in total. The molecular formula is C28H29N3O5. The largest absolute Gasteiger partial charge is 0.465 e. The first kappa shape index (κ1) is 24.0. The average molecular weight is 488 g/mol.